The van der Waals surface area contributed by atoms with E-state index in [1.165, 1.54) is 7.05 Å². The Morgan fingerprint density at radius 3 is 1.53 bits per heavy atom. The van der Waals surface area contributed by atoms with Gasteiger partial charge in [-0.2, -0.15) is 0 Å². The molecule has 1 aromatic heterocycles. The topological polar surface area (TPSA) is 137 Å². The lowest BCUT2D eigenvalue weighted by Crippen LogP contribution is -2.55. The van der Waals surface area contributed by atoms with Crippen molar-refractivity contribution in [1.29, 1.82) is 0 Å². The highest BCUT2D eigenvalue weighted by molar-refractivity contribution is 5.76. The summed E-state index contributed by atoms with van der Waals surface area (Å²) in [5.41, 5.74) is -3.18. The Labute approximate surface area is 205 Å². The van der Waals surface area contributed by atoms with Gasteiger partial charge >= 0.3 is 29.0 Å². The summed E-state index contributed by atoms with van der Waals surface area (Å²) >= 11 is 0. The maximum absolute atomic E-state index is 12.9. The van der Waals surface area contributed by atoms with E-state index in [9.17, 15) is 24.0 Å². The number of rotatable bonds is 8. The monoisotopic (exact) mass is 503 g/mol. The molecule has 36 heavy (non-hydrogen) atoms. The number of hydrogen-bond acceptors (Lipinski definition) is 9. The molecule has 194 valence electrons. The van der Waals surface area contributed by atoms with Gasteiger partial charge in [-0.15, -0.1) is 0 Å². The van der Waals surface area contributed by atoms with Gasteiger partial charge < -0.3 is 18.9 Å². The molecule has 12 heteroatoms. The summed E-state index contributed by atoms with van der Waals surface area (Å²) in [5, 5.41) is 0. The number of aromatic nitrogens is 3. The van der Waals surface area contributed by atoms with Crippen molar-refractivity contribution in [2.45, 2.75) is 75.0 Å². The van der Waals surface area contributed by atoms with Crippen LogP contribution >= 0.6 is 0 Å². The molecule has 0 aromatic carbocycles. The number of ether oxygens (including phenoxy) is 4. The van der Waals surface area contributed by atoms with Gasteiger partial charge in [0.15, 0.2) is 0 Å². The van der Waals surface area contributed by atoms with Gasteiger partial charge in [-0.1, -0.05) is 0 Å². The van der Waals surface area contributed by atoms with Crippen molar-refractivity contribution < 1.29 is 28.5 Å². The largest absolute Gasteiger partial charge is 0.463 e. The van der Waals surface area contributed by atoms with Gasteiger partial charge in [0.05, 0.1) is 48.3 Å². The molecule has 4 aliphatic heterocycles. The third kappa shape index (κ3) is 2.91. The van der Waals surface area contributed by atoms with Crippen LogP contribution in [0.3, 0.4) is 0 Å². The minimum Gasteiger partial charge on any atom is -0.463 e. The molecule has 4 aliphatic carbocycles. The first-order valence-corrected chi connectivity index (χ1v) is 12.8. The van der Waals surface area contributed by atoms with Crippen LogP contribution in [0.15, 0.2) is 14.4 Å². The van der Waals surface area contributed by atoms with Gasteiger partial charge in [0.2, 0.25) is 0 Å². The minimum atomic E-state index is -0.831. The number of carbonyl (C=O) groups excluding carboxylic acids is 2. The van der Waals surface area contributed by atoms with E-state index < -0.39 is 17.1 Å². The zero-order chi connectivity index (χ0) is 25.0. The Hall–Kier alpha value is -2.73. The number of hydrogen-bond donors (Lipinski definition) is 0. The fourth-order valence-electron chi connectivity index (χ4n) is 7.88. The van der Waals surface area contributed by atoms with Gasteiger partial charge in [0.25, 0.3) is 0 Å². The van der Waals surface area contributed by atoms with Crippen molar-refractivity contribution in [2.75, 3.05) is 13.2 Å². The van der Waals surface area contributed by atoms with Crippen molar-refractivity contribution in [3.8, 4) is 0 Å². The maximum atomic E-state index is 12.9. The third-order valence-corrected chi connectivity index (χ3v) is 9.66. The van der Waals surface area contributed by atoms with Crippen LogP contribution in [0.25, 0.3) is 0 Å². The average Bonchev–Trinajstić information content (AvgIpc) is 3.64. The number of esters is 2. The summed E-state index contributed by atoms with van der Waals surface area (Å²) in [6.07, 6.45) is 5.64. The Morgan fingerprint density at radius 2 is 1.19 bits per heavy atom. The van der Waals surface area contributed by atoms with Crippen LogP contribution in [-0.2, 0) is 48.7 Å². The van der Waals surface area contributed by atoms with Crippen LogP contribution in [0, 0.1) is 23.7 Å². The summed E-state index contributed by atoms with van der Waals surface area (Å²) in [6, 6.07) is 0. The highest BCUT2D eigenvalue weighted by atomic mass is 16.6. The molecule has 8 atom stereocenters. The standard InChI is InChI=1S/C24H29N3O9/c1-25-20(30)26(2-4-33-18(28)14-6-12-8-23(14)10-16(12)35-23)22(32)27(21(25)31)3-5-34-19(29)15-7-13-9-24(15)11-17(13)36-24/h12-17H,2-11H2,1H3. The molecule has 0 amide bonds. The van der Waals surface area contributed by atoms with Crippen LogP contribution in [0.4, 0.5) is 0 Å². The first kappa shape index (κ1) is 22.5. The van der Waals surface area contributed by atoms with E-state index in [0.717, 1.165) is 52.2 Å². The second-order valence-corrected chi connectivity index (χ2v) is 11.4. The maximum Gasteiger partial charge on any atom is 0.336 e. The normalized spacial score (nSPS) is 40.1. The summed E-state index contributed by atoms with van der Waals surface area (Å²) in [7, 11) is 1.27. The van der Waals surface area contributed by atoms with Crippen LogP contribution in [0.1, 0.15) is 38.5 Å². The van der Waals surface area contributed by atoms with E-state index in [2.05, 4.69) is 0 Å². The molecule has 0 N–H and O–H groups in total. The first-order valence-electron chi connectivity index (χ1n) is 12.8. The first-order chi connectivity index (χ1) is 17.2. The zero-order valence-electron chi connectivity index (χ0n) is 20.1. The molecule has 8 aliphatic rings. The van der Waals surface area contributed by atoms with Crippen molar-refractivity contribution in [2.24, 2.45) is 30.7 Å². The smallest absolute Gasteiger partial charge is 0.336 e. The summed E-state index contributed by atoms with van der Waals surface area (Å²) in [6.45, 7) is -0.718. The van der Waals surface area contributed by atoms with Crippen LogP contribution in [0.2, 0.25) is 0 Å². The van der Waals surface area contributed by atoms with Crippen molar-refractivity contribution in [3.63, 3.8) is 0 Å². The average molecular weight is 504 g/mol. The Kier molecular flexibility index (Phi) is 4.62. The molecule has 1 aromatic rings. The van der Waals surface area contributed by atoms with Gasteiger partial charge in [-0.3, -0.25) is 9.59 Å². The summed E-state index contributed by atoms with van der Waals surface area (Å²) in [5.74, 6) is -0.526. The molecule has 2 spiro atoms. The molecule has 8 fully saturated rings. The van der Waals surface area contributed by atoms with E-state index >= 15 is 0 Å². The quantitative estimate of drug-likeness (QED) is 0.406. The highest BCUT2D eigenvalue weighted by Gasteiger charge is 2.70. The number of carbonyl (C=O) groups is 2. The van der Waals surface area contributed by atoms with E-state index in [4.69, 9.17) is 18.9 Å². The van der Waals surface area contributed by atoms with Gasteiger partial charge in [-0.25, -0.2) is 28.1 Å². The second-order valence-electron chi connectivity index (χ2n) is 11.4. The Bertz CT molecular complexity index is 1230. The van der Waals surface area contributed by atoms with E-state index in [0.29, 0.717) is 11.8 Å². The zero-order valence-corrected chi connectivity index (χ0v) is 20.1. The van der Waals surface area contributed by atoms with Gasteiger partial charge in [0.1, 0.15) is 13.2 Å². The fourth-order valence-corrected chi connectivity index (χ4v) is 7.88. The third-order valence-electron chi connectivity index (χ3n) is 9.66. The van der Waals surface area contributed by atoms with Crippen molar-refractivity contribution in [3.05, 3.63) is 31.5 Å². The minimum absolute atomic E-state index is 0.173. The second kappa shape index (κ2) is 7.41. The molecule has 4 saturated heterocycles. The Balaban J connectivity index is 0.984. The van der Waals surface area contributed by atoms with Crippen molar-refractivity contribution >= 4 is 11.9 Å². The van der Waals surface area contributed by atoms with Crippen LogP contribution < -0.4 is 17.1 Å². The van der Waals surface area contributed by atoms with Crippen LogP contribution in [0.5, 0.6) is 0 Å². The molecular weight excluding hydrogens is 474 g/mol. The molecule has 4 saturated carbocycles. The summed E-state index contributed by atoms with van der Waals surface area (Å²) < 4.78 is 25.0. The molecule has 6 bridgehead atoms. The molecule has 8 unspecified atom stereocenters. The highest BCUT2D eigenvalue weighted by Crippen LogP contribution is 2.64. The van der Waals surface area contributed by atoms with E-state index in [1.54, 1.807) is 0 Å². The van der Waals surface area contributed by atoms with E-state index in [-0.39, 0.29) is 73.5 Å². The lowest BCUT2D eigenvalue weighted by Gasteiger charge is -2.46. The fraction of sp³-hybridized carbons (Fsp3) is 0.792. The van der Waals surface area contributed by atoms with E-state index in [1.807, 2.05) is 0 Å². The Morgan fingerprint density at radius 1 is 0.778 bits per heavy atom. The lowest BCUT2D eigenvalue weighted by molar-refractivity contribution is -0.219. The number of nitrogens with zero attached hydrogens (tertiary/aromatic N) is 3. The molecule has 12 nitrogen and oxygen atoms in total. The van der Waals surface area contributed by atoms with Crippen molar-refractivity contribution in [1.82, 2.24) is 13.7 Å². The predicted molar refractivity (Wildman–Crippen MR) is 119 cm³/mol. The molecular formula is C24H29N3O9. The van der Waals surface area contributed by atoms with Crippen LogP contribution in [-0.4, -0.2) is 62.3 Å². The summed E-state index contributed by atoms with van der Waals surface area (Å²) in [4.78, 5) is 63.3. The molecule has 5 heterocycles. The molecule has 0 radical (unpaired) electrons. The lowest BCUT2D eigenvalue weighted by atomic mass is 9.79. The van der Waals surface area contributed by atoms with Gasteiger partial charge in [-0.05, 0) is 37.5 Å². The predicted octanol–water partition coefficient (Wildman–Crippen LogP) is -1.07. The molecule has 9 rings (SSSR count). The van der Waals surface area contributed by atoms with Gasteiger partial charge in [0, 0.05) is 19.9 Å². The SMILES string of the molecule is Cn1c(=O)n(CCOC(=O)C2CC3CC24CC3O4)c(=O)n(CCOC(=O)C2CC3CC24CC3O4)c1=O.